The summed E-state index contributed by atoms with van der Waals surface area (Å²) < 4.78 is 12.2. The monoisotopic (exact) mass is 430 g/mol. The van der Waals surface area contributed by atoms with Crippen LogP contribution in [0.15, 0.2) is 0 Å². The predicted molar refractivity (Wildman–Crippen MR) is 40.2 cm³/mol. The van der Waals surface area contributed by atoms with E-state index < -0.39 is 11.6 Å². The van der Waals surface area contributed by atoms with Gasteiger partial charge in [-0.1, -0.05) is 0 Å². The van der Waals surface area contributed by atoms with Crippen LogP contribution >= 0.6 is 0 Å². The average Bonchev–Trinajstić information content (AvgIpc) is 2.13. The maximum atomic E-state index is 12.2. The first-order valence-electron chi connectivity index (χ1n) is 2.34. The minimum Gasteiger partial charge on any atom is -0.387 e. The first-order valence-corrected chi connectivity index (χ1v) is 2.34. The zero-order valence-corrected chi connectivity index (χ0v) is 13.5. The van der Waals surface area contributed by atoms with E-state index in [1.807, 2.05) is 6.20 Å². The molecule has 0 aromatic carbocycles. The summed E-state index contributed by atoms with van der Waals surface area (Å²) in [7, 11) is 0. The van der Waals surface area contributed by atoms with Crippen molar-refractivity contribution in [1.82, 2.24) is 10.2 Å². The first kappa shape index (κ1) is 23.4. The largest absolute Gasteiger partial charge is 2.00 e. The van der Waals surface area contributed by atoms with Crippen LogP contribution in [0.2, 0.25) is 0 Å². The maximum absolute atomic E-state index is 12.2. The van der Waals surface area contributed by atoms with E-state index in [0.717, 1.165) is 0 Å². The number of hydrogen-bond acceptors (Lipinski definition) is 2. The van der Waals surface area contributed by atoms with Gasteiger partial charge in [0, 0.05) is 44.2 Å². The Hall–Kier alpha value is 0.602. The third kappa shape index (κ3) is 6.64. The summed E-state index contributed by atoms with van der Waals surface area (Å²) in [5.74, 6) is -1.12. The normalized spacial score (nSPS) is 6.62. The molecule has 13 heavy (non-hydrogen) atoms. The van der Waals surface area contributed by atoms with Gasteiger partial charge in [-0.05, 0) is 6.92 Å². The second-order valence-corrected chi connectivity index (χ2v) is 1.57. The average molecular weight is 430 g/mol. The molecule has 0 fully saturated rings. The van der Waals surface area contributed by atoms with Crippen LogP contribution in [0.4, 0.5) is 4.39 Å². The fourth-order valence-corrected chi connectivity index (χ4v) is 0.474. The summed E-state index contributed by atoms with van der Waals surface area (Å²) in [6.07, 6.45) is 2.03. The van der Waals surface area contributed by atoms with Gasteiger partial charge in [0.15, 0.2) is 0 Å². The van der Waals surface area contributed by atoms with E-state index >= 15 is 0 Å². The third-order valence-corrected chi connectivity index (χ3v) is 0.875. The molecule has 1 aromatic rings. The predicted octanol–water partition coefficient (Wildman–Crippen LogP) is 1.45. The second-order valence-electron chi connectivity index (χ2n) is 1.57. The van der Waals surface area contributed by atoms with Crippen molar-refractivity contribution in [3.05, 3.63) is 32.6 Å². The van der Waals surface area contributed by atoms with E-state index in [0.29, 0.717) is 0 Å². The van der Waals surface area contributed by atoms with Crippen molar-refractivity contribution in [2.75, 3.05) is 0 Å². The first-order chi connectivity index (χ1) is 4.22. The summed E-state index contributed by atoms with van der Waals surface area (Å²) in [6, 6.07) is 0. The molecule has 0 aliphatic heterocycles. The van der Waals surface area contributed by atoms with E-state index in [2.05, 4.69) is 10.2 Å². The van der Waals surface area contributed by atoms with Gasteiger partial charge in [0.05, 0.1) is 0 Å². The van der Waals surface area contributed by atoms with Crippen LogP contribution in [0.3, 0.4) is 0 Å². The Morgan fingerprint density at radius 2 is 2.00 bits per heavy atom. The fraction of sp³-hybridized carbons (Fsp3) is 0.143. The van der Waals surface area contributed by atoms with Gasteiger partial charge in [-0.3, -0.25) is 5.10 Å². The summed E-state index contributed by atoms with van der Waals surface area (Å²) in [5, 5.41) is 5.42. The number of carbonyl (C=O) groups is 1. The molecule has 0 saturated heterocycles. The smallest absolute Gasteiger partial charge is 0.387 e. The molecule has 0 aliphatic rings. The Bertz CT molecular complexity index is 242. The van der Waals surface area contributed by atoms with Crippen molar-refractivity contribution in [3.63, 3.8) is 0 Å². The minimum atomic E-state index is -0.720. The van der Waals surface area contributed by atoms with Crippen molar-refractivity contribution in [1.29, 1.82) is 0 Å². The molecular formula is C7H10FN2OWY-. The van der Waals surface area contributed by atoms with Crippen LogP contribution in [-0.4, -0.2) is 16.0 Å². The van der Waals surface area contributed by atoms with Crippen LogP contribution in [0.25, 0.3) is 0 Å². The molecule has 0 bridgehead atoms. The standard InChI is InChI=1S/C5H4FN2O.2CH3.W.Y/c1-3(9)5-4(6)2-7-8-5;;;;/h1H3,(H,7,8);2*1H3;;/q3*-1;+2;. The number of Topliss-reactive ketones (excluding diaryl/α,β-unsaturated/α-hetero) is 1. The fourth-order valence-electron chi connectivity index (χ4n) is 0.474. The Morgan fingerprint density at radius 3 is 2.15 bits per heavy atom. The summed E-state index contributed by atoms with van der Waals surface area (Å²) >= 11 is 0. The van der Waals surface area contributed by atoms with Gasteiger partial charge >= 0.3 is 21.1 Å². The topological polar surface area (TPSA) is 45.8 Å². The van der Waals surface area contributed by atoms with Gasteiger partial charge < -0.3 is 24.7 Å². The van der Waals surface area contributed by atoms with Gasteiger partial charge in [0.2, 0.25) is 0 Å². The maximum Gasteiger partial charge on any atom is 2.00 e. The van der Waals surface area contributed by atoms with E-state index in [4.69, 9.17) is 0 Å². The zero-order valence-electron chi connectivity index (χ0n) is 7.72. The number of aromatic amines is 1. The van der Waals surface area contributed by atoms with Crippen LogP contribution in [0.5, 0.6) is 0 Å². The molecule has 0 atom stereocenters. The van der Waals surface area contributed by atoms with E-state index in [9.17, 15) is 9.18 Å². The van der Waals surface area contributed by atoms with Gasteiger partial charge in [-0.15, -0.1) is 6.20 Å². The Balaban J connectivity index is -0.000000101. The quantitative estimate of drug-likeness (QED) is 0.542. The number of nitrogens with one attached hydrogen (secondary N) is 1. The second kappa shape index (κ2) is 10.7. The number of H-pyrrole nitrogens is 1. The molecule has 1 aromatic heterocycles. The number of halogens is 1. The number of hydrogen-bond donors (Lipinski definition) is 1. The molecule has 1 radical (unpaired) electrons. The van der Waals surface area contributed by atoms with Gasteiger partial charge in [-0.2, -0.15) is 0 Å². The molecule has 0 spiro atoms. The van der Waals surface area contributed by atoms with E-state index in [-0.39, 0.29) is 74.3 Å². The summed E-state index contributed by atoms with van der Waals surface area (Å²) in [6.45, 7) is 1.24. The van der Waals surface area contributed by atoms with Crippen LogP contribution in [0, 0.1) is 26.9 Å². The molecule has 1 N–H and O–H groups in total. The molecule has 6 heteroatoms. The van der Waals surface area contributed by atoms with E-state index in [1.54, 1.807) is 0 Å². The number of rotatable bonds is 1. The SMILES string of the molecule is CC(=O)c1n[nH][c-]c1F.[CH3-].[CH3-].[W+2].[Y]. The van der Waals surface area contributed by atoms with Crippen molar-refractivity contribution < 1.29 is 63.0 Å². The molecular weight excluding hydrogens is 420 g/mol. The van der Waals surface area contributed by atoms with Gasteiger partial charge in [0.1, 0.15) is 5.78 Å². The van der Waals surface area contributed by atoms with Gasteiger partial charge in [0.25, 0.3) is 0 Å². The Morgan fingerprint density at radius 1 is 1.54 bits per heavy atom. The molecule has 3 nitrogen and oxygen atoms in total. The molecule has 0 aliphatic carbocycles. The summed E-state index contributed by atoms with van der Waals surface area (Å²) in [4.78, 5) is 10.4. The molecule has 71 valence electrons. The number of nitrogens with zero attached hydrogens (tertiary/aromatic N) is 1. The number of carbonyl (C=O) groups excluding carboxylic acids is 1. The van der Waals surface area contributed by atoms with Crippen LogP contribution in [-0.2, 0) is 53.8 Å². The molecule has 1 rings (SSSR count). The zero-order chi connectivity index (χ0) is 6.85. The van der Waals surface area contributed by atoms with Crippen molar-refractivity contribution in [3.8, 4) is 0 Å². The number of ketones is 1. The van der Waals surface area contributed by atoms with E-state index in [1.165, 1.54) is 6.92 Å². The van der Waals surface area contributed by atoms with Crippen LogP contribution in [0.1, 0.15) is 17.4 Å². The van der Waals surface area contributed by atoms with Crippen molar-refractivity contribution >= 4 is 5.78 Å². The Labute approximate surface area is 117 Å². The third-order valence-electron chi connectivity index (χ3n) is 0.875. The molecule has 0 saturated carbocycles. The molecule has 0 unspecified atom stereocenters. The molecule has 1 heterocycles. The van der Waals surface area contributed by atoms with Crippen molar-refractivity contribution in [2.45, 2.75) is 6.92 Å². The van der Waals surface area contributed by atoms with Crippen molar-refractivity contribution in [2.24, 2.45) is 0 Å². The summed E-state index contributed by atoms with van der Waals surface area (Å²) in [5.41, 5.74) is -0.185. The van der Waals surface area contributed by atoms with Gasteiger partial charge in [-0.25, -0.2) is 4.39 Å². The molecule has 0 amide bonds. The number of aromatic nitrogens is 2. The van der Waals surface area contributed by atoms with Crippen LogP contribution < -0.4 is 0 Å². The minimum absolute atomic E-state index is 0. The Kier molecular flexibility index (Phi) is 19.3.